The monoisotopic (exact) mass is 452 g/mol. The third kappa shape index (κ3) is 4.38. The molecule has 1 aliphatic rings. The molecular formula is C26H24N6O2. The largest absolute Gasteiger partial charge is 0.489 e. The van der Waals surface area contributed by atoms with Crippen LogP contribution in [0.2, 0.25) is 0 Å². The second kappa shape index (κ2) is 9.19. The molecular weight excluding hydrogens is 428 g/mol. The lowest BCUT2D eigenvalue weighted by Gasteiger charge is -2.28. The molecule has 2 N–H and O–H groups in total. The lowest BCUT2D eigenvalue weighted by atomic mass is 9.94. The first-order chi connectivity index (χ1) is 16.6. The molecule has 0 saturated heterocycles. The van der Waals surface area contributed by atoms with E-state index in [0.29, 0.717) is 29.6 Å². The minimum absolute atomic E-state index is 0.226. The number of hydrogen-bond acceptors (Lipinski definition) is 6. The summed E-state index contributed by atoms with van der Waals surface area (Å²) in [5.41, 5.74) is 4.97. The molecule has 1 amide bonds. The van der Waals surface area contributed by atoms with Crippen LogP contribution in [-0.4, -0.2) is 26.1 Å². The number of nitrogens with zero attached hydrogens (tertiary/aromatic N) is 4. The summed E-state index contributed by atoms with van der Waals surface area (Å²) in [6, 6.07) is 24.8. The van der Waals surface area contributed by atoms with Crippen LogP contribution in [0.15, 0.2) is 90.1 Å². The molecule has 4 aromatic rings. The van der Waals surface area contributed by atoms with Crippen LogP contribution in [0.3, 0.4) is 0 Å². The molecule has 0 bridgehead atoms. The minimum atomic E-state index is -0.517. The number of nitrogens with one attached hydrogen (secondary N) is 2. The van der Waals surface area contributed by atoms with E-state index in [1.807, 2.05) is 92.7 Å². The van der Waals surface area contributed by atoms with Crippen LogP contribution in [0.4, 0.5) is 11.6 Å². The smallest absolute Gasteiger partial charge is 0.255 e. The molecule has 1 unspecified atom stereocenters. The molecule has 3 aromatic carbocycles. The SMILES string of the molecule is CC1=C(C(=O)Nc2ccc(C)cc2)C(c2cccc(OCc3ccccc3)c2)n2nnnc2N1. The molecule has 0 spiro atoms. The number of amides is 1. The molecule has 8 heteroatoms. The Bertz CT molecular complexity index is 1350. The van der Waals surface area contributed by atoms with Crippen LogP contribution in [0, 0.1) is 6.92 Å². The molecule has 1 aliphatic heterocycles. The van der Waals surface area contributed by atoms with Crippen molar-refractivity contribution in [1.82, 2.24) is 20.2 Å². The van der Waals surface area contributed by atoms with Gasteiger partial charge in [-0.25, -0.2) is 0 Å². The van der Waals surface area contributed by atoms with Gasteiger partial charge in [0, 0.05) is 11.4 Å². The lowest BCUT2D eigenvalue weighted by Crippen LogP contribution is -2.31. The quantitative estimate of drug-likeness (QED) is 0.448. The fourth-order valence-electron chi connectivity index (χ4n) is 3.97. The van der Waals surface area contributed by atoms with Crippen molar-refractivity contribution < 1.29 is 9.53 Å². The summed E-state index contributed by atoms with van der Waals surface area (Å²) in [6.07, 6.45) is 0. The van der Waals surface area contributed by atoms with E-state index in [1.165, 1.54) is 0 Å². The van der Waals surface area contributed by atoms with Gasteiger partial charge in [0.15, 0.2) is 0 Å². The van der Waals surface area contributed by atoms with E-state index in [-0.39, 0.29) is 5.91 Å². The zero-order valence-corrected chi connectivity index (χ0v) is 18.9. The summed E-state index contributed by atoms with van der Waals surface area (Å²) in [6.45, 7) is 4.30. The van der Waals surface area contributed by atoms with Crippen molar-refractivity contribution in [2.24, 2.45) is 0 Å². The molecule has 8 nitrogen and oxygen atoms in total. The molecule has 2 heterocycles. The van der Waals surface area contributed by atoms with E-state index in [9.17, 15) is 4.79 Å². The number of tetrazole rings is 1. The first-order valence-corrected chi connectivity index (χ1v) is 11.0. The molecule has 0 saturated carbocycles. The van der Waals surface area contributed by atoms with Crippen molar-refractivity contribution in [1.29, 1.82) is 0 Å². The Morgan fingerprint density at radius 1 is 1.03 bits per heavy atom. The number of fused-ring (bicyclic) bond motifs is 1. The highest BCUT2D eigenvalue weighted by atomic mass is 16.5. The third-order valence-corrected chi connectivity index (χ3v) is 5.69. The van der Waals surface area contributed by atoms with E-state index < -0.39 is 6.04 Å². The van der Waals surface area contributed by atoms with Gasteiger partial charge in [-0.15, -0.1) is 0 Å². The Morgan fingerprint density at radius 2 is 1.82 bits per heavy atom. The first kappa shape index (κ1) is 21.4. The van der Waals surface area contributed by atoms with Gasteiger partial charge < -0.3 is 15.4 Å². The van der Waals surface area contributed by atoms with Gasteiger partial charge in [0.05, 0.1) is 5.57 Å². The molecule has 0 radical (unpaired) electrons. The van der Waals surface area contributed by atoms with Crippen molar-refractivity contribution in [3.05, 3.63) is 107 Å². The molecule has 170 valence electrons. The topological polar surface area (TPSA) is 94.0 Å². The number of aryl methyl sites for hydroxylation is 1. The normalized spacial score (nSPS) is 14.8. The van der Waals surface area contributed by atoms with Gasteiger partial charge in [0.2, 0.25) is 5.95 Å². The van der Waals surface area contributed by atoms with Crippen LogP contribution >= 0.6 is 0 Å². The highest BCUT2D eigenvalue weighted by Crippen LogP contribution is 2.36. The lowest BCUT2D eigenvalue weighted by molar-refractivity contribution is -0.113. The van der Waals surface area contributed by atoms with Crippen LogP contribution < -0.4 is 15.4 Å². The number of rotatable bonds is 6. The summed E-state index contributed by atoms with van der Waals surface area (Å²) in [7, 11) is 0. The van der Waals surface area contributed by atoms with Crippen molar-refractivity contribution in [2.45, 2.75) is 26.5 Å². The fraction of sp³-hybridized carbons (Fsp3) is 0.154. The standard InChI is InChI=1S/C26H24N6O2/c1-17-11-13-21(14-12-17)28-25(33)23-18(2)27-26-29-30-31-32(26)24(23)20-9-6-10-22(15-20)34-16-19-7-4-3-5-8-19/h3-15,24H,16H2,1-2H3,(H,28,33)(H,27,29,31). The van der Waals surface area contributed by atoms with Gasteiger partial charge in [0.1, 0.15) is 18.4 Å². The Hall–Kier alpha value is -4.46. The third-order valence-electron chi connectivity index (χ3n) is 5.69. The maximum absolute atomic E-state index is 13.5. The number of carbonyl (C=O) groups excluding carboxylic acids is 1. The summed E-state index contributed by atoms with van der Waals surface area (Å²) in [4.78, 5) is 13.5. The average molecular weight is 453 g/mol. The fourth-order valence-corrected chi connectivity index (χ4v) is 3.97. The summed E-state index contributed by atoms with van der Waals surface area (Å²) < 4.78 is 7.65. The number of benzene rings is 3. The zero-order chi connectivity index (χ0) is 23.5. The molecule has 5 rings (SSSR count). The average Bonchev–Trinajstić information content (AvgIpc) is 3.32. The van der Waals surface area contributed by atoms with Crippen molar-refractivity contribution >= 4 is 17.5 Å². The maximum Gasteiger partial charge on any atom is 0.255 e. The van der Waals surface area contributed by atoms with E-state index in [1.54, 1.807) is 4.68 Å². The first-order valence-electron chi connectivity index (χ1n) is 11.0. The van der Waals surface area contributed by atoms with Crippen molar-refractivity contribution in [2.75, 3.05) is 10.6 Å². The number of ether oxygens (including phenoxy) is 1. The Morgan fingerprint density at radius 3 is 2.62 bits per heavy atom. The Kier molecular flexibility index (Phi) is 5.78. The number of carbonyl (C=O) groups is 1. The highest BCUT2D eigenvalue weighted by molar-refractivity contribution is 6.06. The second-order valence-electron chi connectivity index (χ2n) is 8.18. The number of anilines is 2. The van der Waals surface area contributed by atoms with Gasteiger partial charge in [-0.3, -0.25) is 4.79 Å². The summed E-state index contributed by atoms with van der Waals surface area (Å²) in [5, 5.41) is 18.2. The van der Waals surface area contributed by atoms with Crippen molar-refractivity contribution in [3.8, 4) is 5.75 Å². The Labute approximate surface area is 197 Å². The highest BCUT2D eigenvalue weighted by Gasteiger charge is 2.34. The van der Waals surface area contributed by atoms with Crippen LogP contribution in [-0.2, 0) is 11.4 Å². The van der Waals surface area contributed by atoms with Crippen LogP contribution in [0.1, 0.15) is 29.7 Å². The summed E-state index contributed by atoms with van der Waals surface area (Å²) >= 11 is 0. The van der Waals surface area contributed by atoms with Crippen LogP contribution in [0.25, 0.3) is 0 Å². The second-order valence-corrected chi connectivity index (χ2v) is 8.18. The van der Waals surface area contributed by atoms with Gasteiger partial charge in [-0.05, 0) is 59.7 Å². The maximum atomic E-state index is 13.5. The zero-order valence-electron chi connectivity index (χ0n) is 18.9. The van der Waals surface area contributed by atoms with E-state index in [2.05, 4.69) is 26.2 Å². The number of hydrogen-bond donors (Lipinski definition) is 2. The molecule has 1 atom stereocenters. The van der Waals surface area contributed by atoms with E-state index in [4.69, 9.17) is 4.74 Å². The molecule has 1 aromatic heterocycles. The van der Waals surface area contributed by atoms with Gasteiger partial charge in [0.25, 0.3) is 5.91 Å². The van der Waals surface area contributed by atoms with Crippen LogP contribution in [0.5, 0.6) is 5.75 Å². The van der Waals surface area contributed by atoms with Gasteiger partial charge >= 0.3 is 0 Å². The van der Waals surface area contributed by atoms with Crippen molar-refractivity contribution in [3.63, 3.8) is 0 Å². The minimum Gasteiger partial charge on any atom is -0.489 e. The van der Waals surface area contributed by atoms with E-state index in [0.717, 1.165) is 22.4 Å². The molecule has 0 aliphatic carbocycles. The van der Waals surface area contributed by atoms with Gasteiger partial charge in [-0.1, -0.05) is 65.3 Å². The summed E-state index contributed by atoms with van der Waals surface area (Å²) in [5.74, 6) is 0.950. The molecule has 34 heavy (non-hydrogen) atoms. The number of allylic oxidation sites excluding steroid dienone is 1. The predicted molar refractivity (Wildman–Crippen MR) is 129 cm³/mol. The van der Waals surface area contributed by atoms with E-state index >= 15 is 0 Å². The molecule has 0 fully saturated rings. The number of aromatic nitrogens is 4. The Balaban J connectivity index is 1.46. The van der Waals surface area contributed by atoms with Gasteiger partial charge in [-0.2, -0.15) is 4.68 Å². The predicted octanol–water partition coefficient (Wildman–Crippen LogP) is 4.49.